The van der Waals surface area contributed by atoms with Gasteiger partial charge in [-0.05, 0) is 62.2 Å². The first kappa shape index (κ1) is 19.5. The van der Waals surface area contributed by atoms with Crippen molar-refractivity contribution in [1.82, 2.24) is 9.97 Å². The number of aromatic nitrogens is 2. The van der Waals surface area contributed by atoms with Gasteiger partial charge in [-0.25, -0.2) is 4.98 Å². The first-order valence-electron chi connectivity index (χ1n) is 9.25. The second-order valence-corrected chi connectivity index (χ2v) is 6.54. The molecule has 1 heterocycles. The third-order valence-electron chi connectivity index (χ3n) is 4.43. The van der Waals surface area contributed by atoms with Crippen LogP contribution in [0.3, 0.4) is 0 Å². The maximum absolute atomic E-state index is 5.72. The fraction of sp³-hybridized carbons (Fsp3) is 0.273. The van der Waals surface area contributed by atoms with Gasteiger partial charge in [0.2, 0.25) is 5.95 Å². The third kappa shape index (κ3) is 5.13. The molecule has 0 aliphatic carbocycles. The summed E-state index contributed by atoms with van der Waals surface area (Å²) in [5.41, 5.74) is 4.39. The molecule has 2 N–H and O–H groups in total. The van der Waals surface area contributed by atoms with Crippen molar-refractivity contribution < 1.29 is 9.47 Å². The fourth-order valence-electron chi connectivity index (χ4n) is 2.74. The Morgan fingerprint density at radius 2 is 1.68 bits per heavy atom. The number of nitrogens with zero attached hydrogens (tertiary/aromatic N) is 2. The lowest BCUT2D eigenvalue weighted by Crippen LogP contribution is -2.14. The molecule has 0 spiro atoms. The van der Waals surface area contributed by atoms with Gasteiger partial charge in [0.25, 0.3) is 0 Å². The Morgan fingerprint density at radius 1 is 0.929 bits per heavy atom. The van der Waals surface area contributed by atoms with E-state index in [4.69, 9.17) is 9.47 Å². The number of rotatable bonds is 8. The highest BCUT2D eigenvalue weighted by molar-refractivity contribution is 5.62. The summed E-state index contributed by atoms with van der Waals surface area (Å²) in [4.78, 5) is 9.01. The van der Waals surface area contributed by atoms with Gasteiger partial charge in [-0.3, -0.25) is 0 Å². The third-order valence-corrected chi connectivity index (χ3v) is 4.43. The highest BCUT2D eigenvalue weighted by Gasteiger charge is 2.06. The molecule has 2 aromatic carbocycles. The van der Waals surface area contributed by atoms with Crippen LogP contribution in [0.15, 0.2) is 48.5 Å². The summed E-state index contributed by atoms with van der Waals surface area (Å²) in [6.45, 7) is 7.25. The van der Waals surface area contributed by atoms with Crippen molar-refractivity contribution >= 4 is 17.5 Å². The van der Waals surface area contributed by atoms with Crippen LogP contribution in [0.25, 0.3) is 0 Å². The standard InChI is InChI=1S/C22H26N4O2/c1-15-6-5-7-20(17(15)3)25-21-14-16(2)24-22(26-21)23-12-13-28-19-10-8-18(27-4)9-11-19/h5-11,14H,12-13H2,1-4H3,(H2,23,24,25,26). The molecule has 6 heteroatoms. The summed E-state index contributed by atoms with van der Waals surface area (Å²) in [6.07, 6.45) is 0. The summed E-state index contributed by atoms with van der Waals surface area (Å²) in [5.74, 6) is 2.94. The molecule has 3 rings (SSSR count). The average molecular weight is 378 g/mol. The van der Waals surface area contributed by atoms with Crippen LogP contribution in [0, 0.1) is 20.8 Å². The van der Waals surface area contributed by atoms with Crippen molar-refractivity contribution in [1.29, 1.82) is 0 Å². The lowest BCUT2D eigenvalue weighted by molar-refractivity contribution is 0.331. The molecule has 1 aromatic heterocycles. The zero-order chi connectivity index (χ0) is 19.9. The zero-order valence-corrected chi connectivity index (χ0v) is 16.7. The molecule has 6 nitrogen and oxygen atoms in total. The molecule has 0 aliphatic rings. The highest BCUT2D eigenvalue weighted by Crippen LogP contribution is 2.22. The van der Waals surface area contributed by atoms with Crippen LogP contribution < -0.4 is 20.1 Å². The summed E-state index contributed by atoms with van der Waals surface area (Å²) in [6, 6.07) is 15.6. The van der Waals surface area contributed by atoms with Gasteiger partial charge in [0.1, 0.15) is 23.9 Å². The Hall–Kier alpha value is -3.28. The molecule has 0 bridgehead atoms. The Kier molecular flexibility index (Phi) is 6.32. The number of aryl methyl sites for hydroxylation is 2. The molecule has 28 heavy (non-hydrogen) atoms. The number of ether oxygens (including phenoxy) is 2. The quantitative estimate of drug-likeness (QED) is 0.556. The van der Waals surface area contributed by atoms with Gasteiger partial charge in [0.15, 0.2) is 0 Å². The molecule has 0 amide bonds. The topological polar surface area (TPSA) is 68.3 Å². The molecule has 0 aliphatic heterocycles. The van der Waals surface area contributed by atoms with Crippen molar-refractivity contribution in [3.05, 3.63) is 65.4 Å². The maximum Gasteiger partial charge on any atom is 0.224 e. The van der Waals surface area contributed by atoms with Gasteiger partial charge in [0.05, 0.1) is 13.7 Å². The number of nitrogens with one attached hydrogen (secondary N) is 2. The minimum atomic E-state index is 0.503. The lowest BCUT2D eigenvalue weighted by atomic mass is 10.1. The van der Waals surface area contributed by atoms with E-state index in [-0.39, 0.29) is 0 Å². The van der Waals surface area contributed by atoms with Crippen LogP contribution in [-0.4, -0.2) is 30.2 Å². The van der Waals surface area contributed by atoms with E-state index in [0.29, 0.717) is 19.1 Å². The van der Waals surface area contributed by atoms with Gasteiger partial charge >= 0.3 is 0 Å². The van der Waals surface area contributed by atoms with Crippen LogP contribution in [-0.2, 0) is 0 Å². The van der Waals surface area contributed by atoms with Gasteiger partial charge in [0, 0.05) is 17.4 Å². The largest absolute Gasteiger partial charge is 0.497 e. The van der Waals surface area contributed by atoms with Gasteiger partial charge in [-0.2, -0.15) is 4.98 Å². The van der Waals surface area contributed by atoms with E-state index in [0.717, 1.165) is 28.7 Å². The zero-order valence-electron chi connectivity index (χ0n) is 16.7. The van der Waals surface area contributed by atoms with Crippen LogP contribution in [0.1, 0.15) is 16.8 Å². The molecule has 0 saturated carbocycles. The van der Waals surface area contributed by atoms with Gasteiger partial charge in [-0.1, -0.05) is 12.1 Å². The number of hydrogen-bond donors (Lipinski definition) is 2. The molecule has 0 fully saturated rings. The first-order valence-corrected chi connectivity index (χ1v) is 9.25. The van der Waals surface area contributed by atoms with Crippen molar-refractivity contribution in [2.75, 3.05) is 30.9 Å². The number of anilines is 3. The molecule has 0 saturated heterocycles. The van der Waals surface area contributed by atoms with E-state index in [1.807, 2.05) is 43.3 Å². The molecule has 146 valence electrons. The minimum Gasteiger partial charge on any atom is -0.497 e. The predicted molar refractivity (Wildman–Crippen MR) is 113 cm³/mol. The molecular formula is C22H26N4O2. The van der Waals surface area contributed by atoms with Crippen LogP contribution >= 0.6 is 0 Å². The summed E-state index contributed by atoms with van der Waals surface area (Å²) in [7, 11) is 1.64. The summed E-state index contributed by atoms with van der Waals surface area (Å²) in [5, 5.41) is 6.61. The fourth-order valence-corrected chi connectivity index (χ4v) is 2.74. The summed E-state index contributed by atoms with van der Waals surface area (Å²) < 4.78 is 10.9. The number of methoxy groups -OCH3 is 1. The number of hydrogen-bond acceptors (Lipinski definition) is 6. The Morgan fingerprint density at radius 3 is 2.43 bits per heavy atom. The second-order valence-electron chi connectivity index (χ2n) is 6.54. The highest BCUT2D eigenvalue weighted by atomic mass is 16.5. The molecular weight excluding hydrogens is 352 g/mol. The van der Waals surface area contributed by atoms with E-state index in [1.165, 1.54) is 11.1 Å². The van der Waals surface area contributed by atoms with E-state index >= 15 is 0 Å². The molecule has 0 atom stereocenters. The SMILES string of the molecule is COc1ccc(OCCNc2nc(C)cc(Nc3cccc(C)c3C)n2)cc1. The summed E-state index contributed by atoms with van der Waals surface area (Å²) >= 11 is 0. The van der Waals surface area contributed by atoms with E-state index in [9.17, 15) is 0 Å². The van der Waals surface area contributed by atoms with Gasteiger partial charge < -0.3 is 20.1 Å². The Bertz CT molecular complexity index is 926. The molecule has 0 unspecified atom stereocenters. The normalized spacial score (nSPS) is 10.4. The lowest BCUT2D eigenvalue weighted by Gasteiger charge is -2.13. The average Bonchev–Trinajstić information content (AvgIpc) is 2.69. The first-order chi connectivity index (χ1) is 13.5. The van der Waals surface area contributed by atoms with Gasteiger partial charge in [-0.15, -0.1) is 0 Å². The van der Waals surface area contributed by atoms with E-state index < -0.39 is 0 Å². The predicted octanol–water partition coefficient (Wildman–Crippen LogP) is 4.64. The number of benzene rings is 2. The van der Waals surface area contributed by atoms with E-state index in [2.05, 4.69) is 46.6 Å². The van der Waals surface area contributed by atoms with Crippen LogP contribution in [0.4, 0.5) is 17.5 Å². The minimum absolute atomic E-state index is 0.503. The Balaban J connectivity index is 1.57. The van der Waals surface area contributed by atoms with E-state index in [1.54, 1.807) is 7.11 Å². The smallest absolute Gasteiger partial charge is 0.224 e. The van der Waals surface area contributed by atoms with Crippen LogP contribution in [0.2, 0.25) is 0 Å². The molecule has 3 aromatic rings. The van der Waals surface area contributed by atoms with Crippen molar-refractivity contribution in [2.24, 2.45) is 0 Å². The van der Waals surface area contributed by atoms with Crippen LogP contribution in [0.5, 0.6) is 11.5 Å². The maximum atomic E-state index is 5.72. The van der Waals surface area contributed by atoms with Crippen molar-refractivity contribution in [3.63, 3.8) is 0 Å². The van der Waals surface area contributed by atoms with Crippen molar-refractivity contribution in [2.45, 2.75) is 20.8 Å². The molecule has 0 radical (unpaired) electrons. The Labute approximate surface area is 166 Å². The second kappa shape index (κ2) is 9.08. The van der Waals surface area contributed by atoms with Crippen molar-refractivity contribution in [3.8, 4) is 11.5 Å². The monoisotopic (exact) mass is 378 g/mol.